The normalized spacial score (nSPS) is 11.6. The highest BCUT2D eigenvalue weighted by Gasteiger charge is 2.22. The molecule has 0 aliphatic rings. The van der Waals surface area contributed by atoms with E-state index in [1.807, 2.05) is 0 Å². The first-order valence-corrected chi connectivity index (χ1v) is 13.1. The minimum absolute atomic E-state index is 0.0208. The van der Waals surface area contributed by atoms with Gasteiger partial charge in [-0.25, -0.2) is 21.2 Å². The summed E-state index contributed by atoms with van der Waals surface area (Å²) in [6.07, 6.45) is 0.900. The quantitative estimate of drug-likeness (QED) is 0.479. The molecule has 0 bridgehead atoms. The van der Waals surface area contributed by atoms with E-state index in [1.54, 1.807) is 30.3 Å². The van der Waals surface area contributed by atoms with Crippen molar-refractivity contribution in [1.29, 1.82) is 0 Å². The minimum atomic E-state index is -3.89. The predicted octanol–water partition coefficient (Wildman–Crippen LogP) is 3.68. The SMILES string of the molecule is CS(=O)(=O)N(CC(=O)Nc1ccc(S(=O)(=O)Nc2ccccc2)cc1)c1ccc(F)c(Cl)c1. The zero-order valence-corrected chi connectivity index (χ0v) is 19.6. The smallest absolute Gasteiger partial charge is 0.261 e. The summed E-state index contributed by atoms with van der Waals surface area (Å²) >= 11 is 5.73. The summed E-state index contributed by atoms with van der Waals surface area (Å²) in [4.78, 5) is 12.4. The standard InChI is InChI=1S/C21H19ClFN3O5S2/c1-32(28,29)26(17-9-12-20(23)19(22)13-17)14-21(27)24-15-7-10-18(11-8-15)33(30,31)25-16-5-3-2-4-6-16/h2-13,25H,14H2,1H3,(H,24,27). The van der Waals surface area contributed by atoms with Gasteiger partial charge in [-0.15, -0.1) is 0 Å². The van der Waals surface area contributed by atoms with E-state index in [4.69, 9.17) is 11.6 Å². The fourth-order valence-corrected chi connectivity index (χ4v) is 4.89. The molecular formula is C21H19ClFN3O5S2. The second-order valence-corrected chi connectivity index (χ2v) is 10.9. The Morgan fingerprint density at radius 2 is 1.58 bits per heavy atom. The summed E-state index contributed by atoms with van der Waals surface area (Å²) in [6.45, 7) is -0.601. The Kier molecular flexibility index (Phi) is 7.25. The summed E-state index contributed by atoms with van der Waals surface area (Å²) in [5.41, 5.74) is 0.674. The number of sulfonamides is 2. The number of rotatable bonds is 8. The third-order valence-electron chi connectivity index (χ3n) is 4.35. The van der Waals surface area contributed by atoms with Gasteiger partial charge in [0.2, 0.25) is 15.9 Å². The molecule has 0 unspecified atom stereocenters. The lowest BCUT2D eigenvalue weighted by molar-refractivity contribution is -0.114. The molecule has 2 N–H and O–H groups in total. The van der Waals surface area contributed by atoms with Gasteiger partial charge in [-0.1, -0.05) is 29.8 Å². The summed E-state index contributed by atoms with van der Waals surface area (Å²) in [5.74, 6) is -1.42. The van der Waals surface area contributed by atoms with E-state index in [0.29, 0.717) is 5.69 Å². The summed E-state index contributed by atoms with van der Waals surface area (Å²) in [6, 6.07) is 17.0. The molecular weight excluding hydrogens is 493 g/mol. The summed E-state index contributed by atoms with van der Waals surface area (Å²) in [7, 11) is -7.72. The van der Waals surface area contributed by atoms with E-state index in [2.05, 4.69) is 10.0 Å². The molecule has 0 aliphatic heterocycles. The first-order valence-electron chi connectivity index (χ1n) is 9.36. The molecule has 0 aromatic heterocycles. The lowest BCUT2D eigenvalue weighted by atomic mass is 10.3. The molecule has 0 fully saturated rings. The molecule has 3 rings (SSSR count). The van der Waals surface area contributed by atoms with Crippen molar-refractivity contribution in [1.82, 2.24) is 0 Å². The van der Waals surface area contributed by atoms with Crippen LogP contribution >= 0.6 is 11.6 Å². The van der Waals surface area contributed by atoms with Crippen LogP contribution in [0.3, 0.4) is 0 Å². The van der Waals surface area contributed by atoms with Gasteiger partial charge < -0.3 is 5.32 Å². The number of nitrogens with zero attached hydrogens (tertiary/aromatic N) is 1. The van der Waals surface area contributed by atoms with Crippen LogP contribution in [0, 0.1) is 5.82 Å². The number of para-hydroxylation sites is 1. The molecule has 12 heteroatoms. The van der Waals surface area contributed by atoms with Crippen LogP contribution in [0.25, 0.3) is 0 Å². The van der Waals surface area contributed by atoms with Gasteiger partial charge >= 0.3 is 0 Å². The first-order chi connectivity index (χ1) is 15.5. The van der Waals surface area contributed by atoms with Gasteiger partial charge in [0.15, 0.2) is 0 Å². The van der Waals surface area contributed by atoms with Crippen molar-refractivity contribution in [3.8, 4) is 0 Å². The molecule has 0 saturated heterocycles. The average Bonchev–Trinajstić information content (AvgIpc) is 2.74. The van der Waals surface area contributed by atoms with E-state index in [-0.39, 0.29) is 21.3 Å². The van der Waals surface area contributed by atoms with Crippen molar-refractivity contribution >= 4 is 54.6 Å². The molecule has 3 aromatic carbocycles. The topological polar surface area (TPSA) is 113 Å². The molecule has 0 heterocycles. The molecule has 1 amide bonds. The van der Waals surface area contributed by atoms with E-state index in [1.165, 1.54) is 30.3 Å². The monoisotopic (exact) mass is 511 g/mol. The van der Waals surface area contributed by atoms with E-state index < -0.39 is 38.3 Å². The number of nitrogens with one attached hydrogen (secondary N) is 2. The number of hydrogen-bond donors (Lipinski definition) is 2. The third-order valence-corrected chi connectivity index (χ3v) is 7.18. The number of carbonyl (C=O) groups is 1. The van der Waals surface area contributed by atoms with Crippen molar-refractivity contribution < 1.29 is 26.0 Å². The van der Waals surface area contributed by atoms with Crippen LogP contribution in [0.1, 0.15) is 0 Å². The van der Waals surface area contributed by atoms with Crippen LogP contribution in [0.4, 0.5) is 21.5 Å². The Morgan fingerprint density at radius 3 is 2.15 bits per heavy atom. The lowest BCUT2D eigenvalue weighted by Gasteiger charge is -2.22. The van der Waals surface area contributed by atoms with Gasteiger partial charge in [0.25, 0.3) is 10.0 Å². The third kappa shape index (κ3) is 6.44. The number of halogens is 2. The maximum Gasteiger partial charge on any atom is 0.261 e. The molecule has 174 valence electrons. The maximum absolute atomic E-state index is 13.4. The summed E-state index contributed by atoms with van der Waals surface area (Å²) < 4.78 is 65.9. The van der Waals surface area contributed by atoms with E-state index in [9.17, 15) is 26.0 Å². The fourth-order valence-electron chi connectivity index (χ4n) is 2.81. The number of amides is 1. The second-order valence-electron chi connectivity index (χ2n) is 6.91. The van der Waals surface area contributed by atoms with E-state index >= 15 is 0 Å². The Balaban J connectivity index is 1.72. The molecule has 0 spiro atoms. The summed E-state index contributed by atoms with van der Waals surface area (Å²) in [5, 5.41) is 2.21. The highest BCUT2D eigenvalue weighted by Crippen LogP contribution is 2.24. The number of hydrogen-bond acceptors (Lipinski definition) is 5. The predicted molar refractivity (Wildman–Crippen MR) is 126 cm³/mol. The zero-order chi connectivity index (χ0) is 24.2. The van der Waals surface area contributed by atoms with Crippen molar-refractivity contribution in [3.05, 3.63) is 83.6 Å². The minimum Gasteiger partial charge on any atom is -0.325 e. The average molecular weight is 512 g/mol. The van der Waals surface area contributed by atoms with Crippen LogP contribution in [-0.4, -0.2) is 35.5 Å². The molecule has 0 aliphatic carbocycles. The maximum atomic E-state index is 13.4. The van der Waals surface area contributed by atoms with E-state index in [0.717, 1.165) is 22.7 Å². The Hall–Kier alpha value is -3.15. The van der Waals surface area contributed by atoms with Crippen LogP contribution in [0.5, 0.6) is 0 Å². The van der Waals surface area contributed by atoms with Gasteiger partial charge in [0.1, 0.15) is 12.4 Å². The Morgan fingerprint density at radius 1 is 0.939 bits per heavy atom. The number of carbonyl (C=O) groups excluding carboxylic acids is 1. The molecule has 8 nitrogen and oxygen atoms in total. The van der Waals surface area contributed by atoms with Crippen molar-refractivity contribution in [3.63, 3.8) is 0 Å². The highest BCUT2D eigenvalue weighted by molar-refractivity contribution is 7.92. The van der Waals surface area contributed by atoms with Gasteiger partial charge in [-0.2, -0.15) is 0 Å². The lowest BCUT2D eigenvalue weighted by Crippen LogP contribution is -2.37. The van der Waals surface area contributed by atoms with Crippen molar-refractivity contribution in [2.24, 2.45) is 0 Å². The van der Waals surface area contributed by atoms with Gasteiger partial charge in [-0.3, -0.25) is 13.8 Å². The van der Waals surface area contributed by atoms with Crippen molar-refractivity contribution in [2.75, 3.05) is 27.1 Å². The molecule has 0 atom stereocenters. The Labute approximate surface area is 196 Å². The first kappa shape index (κ1) is 24.5. The largest absolute Gasteiger partial charge is 0.325 e. The molecule has 3 aromatic rings. The molecule has 0 radical (unpaired) electrons. The molecule has 33 heavy (non-hydrogen) atoms. The van der Waals surface area contributed by atoms with Crippen LogP contribution in [-0.2, 0) is 24.8 Å². The van der Waals surface area contributed by atoms with Crippen LogP contribution in [0.2, 0.25) is 5.02 Å². The molecule has 0 saturated carbocycles. The highest BCUT2D eigenvalue weighted by atomic mass is 35.5. The van der Waals surface area contributed by atoms with Gasteiger partial charge in [0, 0.05) is 11.4 Å². The number of benzene rings is 3. The Bertz CT molecular complexity index is 1370. The van der Waals surface area contributed by atoms with Crippen LogP contribution < -0.4 is 14.3 Å². The number of anilines is 3. The zero-order valence-electron chi connectivity index (χ0n) is 17.2. The second kappa shape index (κ2) is 9.77. The fraction of sp³-hybridized carbons (Fsp3) is 0.0952. The van der Waals surface area contributed by atoms with Crippen molar-refractivity contribution in [2.45, 2.75) is 4.90 Å². The van der Waals surface area contributed by atoms with Crippen LogP contribution in [0.15, 0.2) is 77.7 Å². The van der Waals surface area contributed by atoms with Gasteiger partial charge in [-0.05, 0) is 54.6 Å². The van der Waals surface area contributed by atoms with Gasteiger partial charge in [0.05, 0.1) is 21.9 Å².